The van der Waals surface area contributed by atoms with Crippen LogP contribution >= 0.6 is 11.6 Å². The van der Waals surface area contributed by atoms with Crippen molar-refractivity contribution in [1.29, 1.82) is 0 Å². The second kappa shape index (κ2) is 12.7. The third-order valence-electron chi connectivity index (χ3n) is 7.81. The third kappa shape index (κ3) is 7.23. The topological polar surface area (TPSA) is 106 Å². The number of amidine groups is 1. The number of aliphatic imine (C=N–C) groups is 1. The van der Waals surface area contributed by atoms with E-state index in [0.29, 0.717) is 53.7 Å². The molecule has 1 aromatic carbocycles. The van der Waals surface area contributed by atoms with E-state index in [9.17, 15) is 4.79 Å². The number of anilines is 2. The van der Waals surface area contributed by atoms with Gasteiger partial charge in [0.15, 0.2) is 8.32 Å². The number of nitrogens with zero attached hydrogens (tertiary/aromatic N) is 4. The van der Waals surface area contributed by atoms with Gasteiger partial charge in [-0.2, -0.15) is 0 Å². The van der Waals surface area contributed by atoms with E-state index in [2.05, 4.69) is 54.1 Å². The van der Waals surface area contributed by atoms with Gasteiger partial charge in [-0.05, 0) is 77.1 Å². The largest absolute Gasteiger partial charge is 0.411 e. The van der Waals surface area contributed by atoms with Gasteiger partial charge in [-0.15, -0.1) is 0 Å². The van der Waals surface area contributed by atoms with Gasteiger partial charge in [0, 0.05) is 37.8 Å². The van der Waals surface area contributed by atoms with Crippen LogP contribution in [-0.4, -0.2) is 50.2 Å². The monoisotopic (exact) mass is 608 g/mol. The van der Waals surface area contributed by atoms with Crippen LogP contribution in [0.15, 0.2) is 65.6 Å². The average Bonchev–Trinajstić information content (AvgIpc) is 3.37. The fraction of sp³-hybridized carbons (Fsp3) is 0.355. The smallest absolute Gasteiger partial charge is 0.231 e. The molecule has 222 valence electrons. The van der Waals surface area contributed by atoms with E-state index >= 15 is 4.39 Å². The van der Waals surface area contributed by atoms with Crippen LogP contribution in [0.2, 0.25) is 23.3 Å². The van der Waals surface area contributed by atoms with Crippen LogP contribution in [0.1, 0.15) is 31.9 Å². The number of rotatable bonds is 8. The van der Waals surface area contributed by atoms with Gasteiger partial charge in [-0.1, -0.05) is 38.4 Å². The number of nitrogens with two attached hydrogens (primary N) is 1. The van der Waals surface area contributed by atoms with Crippen LogP contribution < -0.4 is 16.0 Å². The zero-order valence-electron chi connectivity index (χ0n) is 25.0. The fourth-order valence-corrected chi connectivity index (χ4v) is 5.53. The van der Waals surface area contributed by atoms with Crippen molar-refractivity contribution in [3.8, 4) is 11.1 Å². The molecule has 3 heterocycles. The first-order valence-electron chi connectivity index (χ1n) is 13.8. The Balaban J connectivity index is 1.48. The first kappa shape index (κ1) is 31.3. The van der Waals surface area contributed by atoms with Crippen LogP contribution in [0.5, 0.6) is 0 Å². The molecule has 0 bridgehead atoms. The van der Waals surface area contributed by atoms with Crippen molar-refractivity contribution in [1.82, 2.24) is 9.97 Å². The maximum Gasteiger partial charge on any atom is 0.231 e. The van der Waals surface area contributed by atoms with E-state index in [-0.39, 0.29) is 22.5 Å². The van der Waals surface area contributed by atoms with Crippen molar-refractivity contribution in [3.63, 3.8) is 0 Å². The lowest BCUT2D eigenvalue weighted by Crippen LogP contribution is -2.41. The molecule has 3 aromatic rings. The van der Waals surface area contributed by atoms with E-state index in [4.69, 9.17) is 21.8 Å². The van der Waals surface area contributed by atoms with Crippen molar-refractivity contribution in [2.75, 3.05) is 30.4 Å². The van der Waals surface area contributed by atoms with E-state index in [0.717, 1.165) is 11.1 Å². The number of hydrogen-bond acceptors (Lipinski definition) is 6. The SMILES string of the molecule is CN=C(C=C(N)CO[Si](C)(C)C(C)(C)C)Nc1cc(-c2cc(F)c3c(c2)CCN3C(=O)Cc2cccnc2Cl)ccn1. The van der Waals surface area contributed by atoms with Crippen LogP contribution in [0.3, 0.4) is 0 Å². The van der Waals surface area contributed by atoms with Crippen molar-refractivity contribution < 1.29 is 13.6 Å². The van der Waals surface area contributed by atoms with Crippen molar-refractivity contribution >= 4 is 43.2 Å². The number of hydrogen-bond donors (Lipinski definition) is 2. The lowest BCUT2D eigenvalue weighted by molar-refractivity contribution is -0.117. The Hall–Kier alpha value is -3.60. The van der Waals surface area contributed by atoms with Gasteiger partial charge in [0.05, 0.1) is 18.7 Å². The maximum atomic E-state index is 15.5. The lowest BCUT2D eigenvalue weighted by Gasteiger charge is -2.36. The summed E-state index contributed by atoms with van der Waals surface area (Å²) >= 11 is 6.13. The fourth-order valence-electron chi connectivity index (χ4n) is 4.38. The zero-order valence-corrected chi connectivity index (χ0v) is 26.7. The van der Waals surface area contributed by atoms with Gasteiger partial charge >= 0.3 is 0 Å². The summed E-state index contributed by atoms with van der Waals surface area (Å²) in [4.78, 5) is 27.3. The van der Waals surface area contributed by atoms with Gasteiger partial charge in [-0.3, -0.25) is 9.79 Å². The predicted molar refractivity (Wildman–Crippen MR) is 171 cm³/mol. The molecule has 8 nitrogen and oxygen atoms in total. The Labute approximate surface area is 253 Å². The lowest BCUT2D eigenvalue weighted by atomic mass is 10.0. The first-order valence-corrected chi connectivity index (χ1v) is 17.1. The molecule has 3 N–H and O–H groups in total. The Morgan fingerprint density at radius 1 is 1.21 bits per heavy atom. The highest BCUT2D eigenvalue weighted by molar-refractivity contribution is 6.74. The van der Waals surface area contributed by atoms with Gasteiger partial charge in [0.2, 0.25) is 5.91 Å². The van der Waals surface area contributed by atoms with Crippen LogP contribution in [-0.2, 0) is 22.1 Å². The second-order valence-corrected chi connectivity index (χ2v) is 17.0. The molecule has 42 heavy (non-hydrogen) atoms. The molecule has 0 atom stereocenters. The Morgan fingerprint density at radius 3 is 2.67 bits per heavy atom. The minimum Gasteiger partial charge on any atom is -0.411 e. The standard InChI is InChI=1S/C31H38ClFN6O2Si/c1-31(2,3)42(5,6)41-19-24(34)18-26(35-4)38-27-16-20(9-12-36-27)23-14-21-10-13-39(29(21)25(33)15-23)28(40)17-22-8-7-11-37-30(22)32/h7-9,11-12,14-16,18H,10,13,17,19,34H2,1-6H3,(H,35,36,38). The van der Waals surface area contributed by atoms with E-state index < -0.39 is 14.1 Å². The number of halogens is 2. The molecule has 0 saturated heterocycles. The van der Waals surface area contributed by atoms with Gasteiger partial charge in [0.25, 0.3) is 0 Å². The van der Waals surface area contributed by atoms with Gasteiger partial charge in [-0.25, -0.2) is 14.4 Å². The number of carbonyl (C=O) groups is 1. The molecule has 0 unspecified atom stereocenters. The normalized spacial score (nSPS) is 14.2. The Bertz CT molecular complexity index is 1540. The first-order chi connectivity index (χ1) is 19.8. The minimum atomic E-state index is -1.94. The molecule has 1 aliphatic rings. The molecular weight excluding hydrogens is 571 g/mol. The molecule has 0 spiro atoms. The number of nitrogens with one attached hydrogen (secondary N) is 1. The van der Waals surface area contributed by atoms with Crippen LogP contribution in [0.4, 0.5) is 15.9 Å². The second-order valence-electron chi connectivity index (χ2n) is 11.8. The highest BCUT2D eigenvalue weighted by Gasteiger charge is 2.37. The summed E-state index contributed by atoms with van der Waals surface area (Å²) in [6, 6.07) is 10.5. The molecule has 0 aliphatic carbocycles. The molecule has 0 radical (unpaired) electrons. The zero-order chi connectivity index (χ0) is 30.7. The summed E-state index contributed by atoms with van der Waals surface area (Å²) in [7, 11) is -0.282. The van der Waals surface area contributed by atoms with Crippen LogP contribution in [0.25, 0.3) is 11.1 Å². The molecule has 1 aliphatic heterocycles. The number of benzene rings is 1. The summed E-state index contributed by atoms with van der Waals surface area (Å²) in [6.07, 6.45) is 5.56. The summed E-state index contributed by atoms with van der Waals surface area (Å²) in [6.45, 7) is 11.6. The van der Waals surface area contributed by atoms with Gasteiger partial charge < -0.3 is 20.4 Å². The van der Waals surface area contributed by atoms with Crippen molar-refractivity contribution in [2.45, 2.75) is 51.7 Å². The summed E-state index contributed by atoms with van der Waals surface area (Å²) in [5, 5.41) is 3.54. The minimum absolute atomic E-state index is 0.0510. The highest BCUT2D eigenvalue weighted by Crippen LogP contribution is 2.37. The number of aromatic nitrogens is 2. The molecule has 0 fully saturated rings. The summed E-state index contributed by atoms with van der Waals surface area (Å²) in [5.41, 5.74) is 9.98. The van der Waals surface area contributed by atoms with Crippen molar-refractivity contribution in [3.05, 3.63) is 82.7 Å². The Morgan fingerprint density at radius 2 is 1.98 bits per heavy atom. The molecule has 1 amide bonds. The van der Waals surface area contributed by atoms with E-state index in [1.165, 1.54) is 11.0 Å². The maximum absolute atomic E-state index is 15.5. The quantitative estimate of drug-likeness (QED) is 0.133. The summed E-state index contributed by atoms with van der Waals surface area (Å²) < 4.78 is 21.7. The number of pyridine rings is 2. The molecule has 11 heteroatoms. The van der Waals surface area contributed by atoms with E-state index in [1.807, 2.05) is 18.2 Å². The molecule has 4 rings (SSSR count). The molecular formula is C31H38ClFN6O2Si. The highest BCUT2D eigenvalue weighted by atomic mass is 35.5. The Kier molecular flexibility index (Phi) is 9.49. The number of fused-ring (bicyclic) bond motifs is 1. The van der Waals surface area contributed by atoms with Gasteiger partial charge in [0.1, 0.15) is 22.6 Å². The average molecular weight is 609 g/mol. The van der Waals surface area contributed by atoms with Crippen LogP contribution in [0, 0.1) is 5.82 Å². The number of amides is 1. The third-order valence-corrected chi connectivity index (χ3v) is 12.6. The summed E-state index contributed by atoms with van der Waals surface area (Å²) in [5.74, 6) is 0.386. The van der Waals surface area contributed by atoms with E-state index in [1.54, 1.807) is 37.7 Å². The van der Waals surface area contributed by atoms with Crippen molar-refractivity contribution in [2.24, 2.45) is 10.7 Å². The molecule has 2 aromatic heterocycles. The molecule has 0 saturated carbocycles. The predicted octanol–water partition coefficient (Wildman–Crippen LogP) is 6.37. The number of carbonyl (C=O) groups excluding carboxylic acids is 1.